The molecule has 0 saturated carbocycles. The predicted octanol–water partition coefficient (Wildman–Crippen LogP) is 3.51. The van der Waals surface area contributed by atoms with Crippen molar-refractivity contribution in [2.45, 2.75) is 20.0 Å². The molecule has 0 aliphatic carbocycles. The van der Waals surface area contributed by atoms with Crippen molar-refractivity contribution < 1.29 is 9.53 Å². The fourth-order valence-corrected chi connectivity index (χ4v) is 2.48. The molecular weight excluding hydrogens is 220 g/mol. The second-order valence-corrected chi connectivity index (χ2v) is 4.84. The zero-order valence-electron chi connectivity index (χ0n) is 9.40. The first kappa shape index (κ1) is 11.3. The molecule has 0 fully saturated rings. The van der Waals surface area contributed by atoms with Crippen LogP contribution in [0.5, 0.6) is 0 Å². The van der Waals surface area contributed by atoms with Gasteiger partial charge in [0.15, 0.2) is 5.78 Å². The summed E-state index contributed by atoms with van der Waals surface area (Å²) in [6, 6.07) is 7.95. The number of fused-ring (bicyclic) bond motifs is 1. The Kier molecular flexibility index (Phi) is 3.36. The minimum Gasteiger partial charge on any atom is -0.371 e. The molecule has 0 atom stereocenters. The monoisotopic (exact) mass is 234 g/mol. The molecule has 0 unspecified atom stereocenters. The molecule has 2 rings (SSSR count). The fourth-order valence-electron chi connectivity index (χ4n) is 1.51. The smallest absolute Gasteiger partial charge is 0.189 e. The lowest BCUT2D eigenvalue weighted by molar-refractivity contribution is 0.0586. The molecule has 1 aromatic carbocycles. The van der Waals surface area contributed by atoms with Gasteiger partial charge in [0.05, 0.1) is 6.10 Å². The van der Waals surface area contributed by atoms with Crippen molar-refractivity contribution in [3.8, 4) is 0 Å². The van der Waals surface area contributed by atoms with Crippen molar-refractivity contribution in [1.82, 2.24) is 0 Å². The van der Waals surface area contributed by atoms with E-state index in [0.29, 0.717) is 0 Å². The zero-order chi connectivity index (χ0) is 11.5. The molecule has 0 amide bonds. The van der Waals surface area contributed by atoms with Gasteiger partial charge >= 0.3 is 0 Å². The van der Waals surface area contributed by atoms with Gasteiger partial charge in [-0.3, -0.25) is 4.79 Å². The maximum absolute atomic E-state index is 11.9. The highest BCUT2D eigenvalue weighted by Gasteiger charge is 2.12. The number of ketones is 1. The second-order valence-electron chi connectivity index (χ2n) is 3.93. The van der Waals surface area contributed by atoms with Gasteiger partial charge in [-0.2, -0.15) is 0 Å². The summed E-state index contributed by atoms with van der Waals surface area (Å²) in [7, 11) is 0. The van der Waals surface area contributed by atoms with Crippen LogP contribution >= 0.6 is 11.3 Å². The first-order chi connectivity index (χ1) is 7.68. The Labute approximate surface area is 98.9 Å². The second kappa shape index (κ2) is 4.76. The average Bonchev–Trinajstić information content (AvgIpc) is 2.69. The van der Waals surface area contributed by atoms with Crippen molar-refractivity contribution in [2.75, 3.05) is 6.61 Å². The number of hydrogen-bond acceptors (Lipinski definition) is 3. The normalized spacial score (nSPS) is 11.2. The van der Waals surface area contributed by atoms with Gasteiger partial charge < -0.3 is 4.74 Å². The molecule has 0 N–H and O–H groups in total. The third kappa shape index (κ3) is 2.31. The number of carbonyl (C=O) groups is 1. The van der Waals surface area contributed by atoms with E-state index in [1.54, 1.807) is 11.3 Å². The van der Waals surface area contributed by atoms with E-state index >= 15 is 0 Å². The fraction of sp³-hybridized carbons (Fsp3) is 0.308. The number of benzene rings is 1. The molecule has 0 spiro atoms. The van der Waals surface area contributed by atoms with E-state index < -0.39 is 0 Å². The van der Waals surface area contributed by atoms with Gasteiger partial charge in [0.1, 0.15) is 6.61 Å². The van der Waals surface area contributed by atoms with Gasteiger partial charge in [-0.1, -0.05) is 18.2 Å². The Bertz CT molecular complexity index is 499. The minimum atomic E-state index is 0.0613. The highest BCUT2D eigenvalue weighted by molar-refractivity contribution is 7.17. The topological polar surface area (TPSA) is 26.3 Å². The van der Waals surface area contributed by atoms with Crippen molar-refractivity contribution in [3.05, 3.63) is 35.2 Å². The molecule has 2 nitrogen and oxygen atoms in total. The molecule has 1 aromatic heterocycles. The van der Waals surface area contributed by atoms with Gasteiger partial charge in [0.2, 0.25) is 0 Å². The van der Waals surface area contributed by atoms with Crippen molar-refractivity contribution in [2.24, 2.45) is 0 Å². The van der Waals surface area contributed by atoms with E-state index in [-0.39, 0.29) is 18.5 Å². The molecule has 2 aromatic rings. The predicted molar refractivity (Wildman–Crippen MR) is 67.2 cm³/mol. The Balaban J connectivity index is 2.23. The first-order valence-corrected chi connectivity index (χ1v) is 6.17. The summed E-state index contributed by atoms with van der Waals surface area (Å²) in [5.74, 6) is 0.0613. The van der Waals surface area contributed by atoms with Crippen LogP contribution in [-0.4, -0.2) is 18.5 Å². The van der Waals surface area contributed by atoms with Gasteiger partial charge in [-0.15, -0.1) is 11.3 Å². The minimum absolute atomic E-state index is 0.0613. The highest BCUT2D eigenvalue weighted by Crippen LogP contribution is 2.25. The van der Waals surface area contributed by atoms with Crippen LogP contribution in [0.15, 0.2) is 29.6 Å². The summed E-state index contributed by atoms with van der Waals surface area (Å²) in [6.45, 7) is 4.02. The van der Waals surface area contributed by atoms with Crippen LogP contribution in [0.1, 0.15) is 24.2 Å². The number of Topliss-reactive ketones (excluding diaryl/α,β-unsaturated/α-hetero) is 1. The van der Waals surface area contributed by atoms with Gasteiger partial charge in [-0.25, -0.2) is 0 Å². The van der Waals surface area contributed by atoms with E-state index in [1.165, 1.54) is 0 Å². The first-order valence-electron chi connectivity index (χ1n) is 5.29. The maximum atomic E-state index is 11.9. The largest absolute Gasteiger partial charge is 0.371 e. The van der Waals surface area contributed by atoms with Crippen LogP contribution in [-0.2, 0) is 4.74 Å². The van der Waals surface area contributed by atoms with Crippen molar-refractivity contribution in [3.63, 3.8) is 0 Å². The maximum Gasteiger partial charge on any atom is 0.189 e. The molecular formula is C13H14O2S. The SMILES string of the molecule is CC(C)OCC(=O)c1csc2ccccc12. The summed E-state index contributed by atoms with van der Waals surface area (Å²) in [4.78, 5) is 11.9. The number of hydrogen-bond donors (Lipinski definition) is 0. The van der Waals surface area contributed by atoms with Crippen LogP contribution in [0.25, 0.3) is 10.1 Å². The Morgan fingerprint density at radius 2 is 2.12 bits per heavy atom. The standard InChI is InChI=1S/C13H14O2S/c1-9(2)15-7-12(14)11-8-16-13-6-4-3-5-10(11)13/h3-6,8-9H,7H2,1-2H3. The van der Waals surface area contributed by atoms with Crippen LogP contribution in [0.4, 0.5) is 0 Å². The number of rotatable bonds is 4. The third-order valence-corrected chi connectivity index (χ3v) is 3.29. The van der Waals surface area contributed by atoms with E-state index in [0.717, 1.165) is 15.6 Å². The zero-order valence-corrected chi connectivity index (χ0v) is 10.2. The average molecular weight is 234 g/mol. The van der Waals surface area contributed by atoms with Crippen LogP contribution in [0.2, 0.25) is 0 Å². The van der Waals surface area contributed by atoms with Crippen LogP contribution < -0.4 is 0 Å². The van der Waals surface area contributed by atoms with Crippen molar-refractivity contribution >= 4 is 27.2 Å². The number of carbonyl (C=O) groups excluding carboxylic acids is 1. The Hall–Kier alpha value is -1.19. The van der Waals surface area contributed by atoms with Crippen molar-refractivity contribution in [1.29, 1.82) is 0 Å². The Morgan fingerprint density at radius 1 is 1.38 bits per heavy atom. The Morgan fingerprint density at radius 3 is 2.88 bits per heavy atom. The summed E-state index contributed by atoms with van der Waals surface area (Å²) in [5.41, 5.74) is 0.779. The summed E-state index contributed by atoms with van der Waals surface area (Å²) in [6.07, 6.45) is 0.0915. The molecule has 0 radical (unpaired) electrons. The molecule has 0 saturated heterocycles. The van der Waals surface area contributed by atoms with Gasteiger partial charge in [0, 0.05) is 21.0 Å². The van der Waals surface area contributed by atoms with Crippen LogP contribution in [0, 0.1) is 0 Å². The molecule has 3 heteroatoms. The molecule has 0 aliphatic rings. The summed E-state index contributed by atoms with van der Waals surface area (Å²) < 4.78 is 6.48. The lowest BCUT2D eigenvalue weighted by Crippen LogP contribution is -2.12. The van der Waals surface area contributed by atoms with E-state index in [4.69, 9.17) is 4.74 Å². The molecule has 1 heterocycles. The summed E-state index contributed by atoms with van der Waals surface area (Å²) in [5, 5.41) is 2.95. The highest BCUT2D eigenvalue weighted by atomic mass is 32.1. The molecule has 0 bridgehead atoms. The number of thiophene rings is 1. The van der Waals surface area contributed by atoms with Gasteiger partial charge in [-0.05, 0) is 19.9 Å². The van der Waals surface area contributed by atoms with Crippen LogP contribution in [0.3, 0.4) is 0 Å². The van der Waals surface area contributed by atoms with Gasteiger partial charge in [0.25, 0.3) is 0 Å². The van der Waals surface area contributed by atoms with E-state index in [2.05, 4.69) is 0 Å². The molecule has 0 aliphatic heterocycles. The quantitative estimate of drug-likeness (QED) is 0.757. The molecule has 84 valence electrons. The molecule has 16 heavy (non-hydrogen) atoms. The van der Waals surface area contributed by atoms with E-state index in [1.807, 2.05) is 43.5 Å². The summed E-state index contributed by atoms with van der Waals surface area (Å²) >= 11 is 1.60. The van der Waals surface area contributed by atoms with E-state index in [9.17, 15) is 4.79 Å². The lowest BCUT2D eigenvalue weighted by Gasteiger charge is -2.05. The third-order valence-electron chi connectivity index (χ3n) is 2.33. The lowest BCUT2D eigenvalue weighted by atomic mass is 10.1. The number of ether oxygens (including phenoxy) is 1.